The Morgan fingerprint density at radius 3 is 2.41 bits per heavy atom. The number of rotatable bonds is 7. The number of nitrogens with one attached hydrogen (secondary N) is 1. The summed E-state index contributed by atoms with van der Waals surface area (Å²) < 4.78 is 32.0. The molecule has 5 nitrogen and oxygen atoms in total. The lowest BCUT2D eigenvalue weighted by Gasteiger charge is -2.31. The van der Waals surface area contributed by atoms with Gasteiger partial charge >= 0.3 is 0 Å². The van der Waals surface area contributed by atoms with Crippen molar-refractivity contribution in [2.45, 2.75) is 24.2 Å². The molecule has 6 heteroatoms. The predicted octanol–water partition coefficient (Wildman–Crippen LogP) is 1.50. The van der Waals surface area contributed by atoms with Gasteiger partial charge in [-0.05, 0) is 56.5 Å². The highest BCUT2D eigenvalue weighted by atomic mass is 32.2. The molecule has 0 aliphatic carbocycles. The third-order valence-electron chi connectivity index (χ3n) is 4.22. The summed E-state index contributed by atoms with van der Waals surface area (Å²) in [4.78, 5) is 0.390. The number of benzene rings is 1. The van der Waals surface area contributed by atoms with Gasteiger partial charge in [-0.1, -0.05) is 12.1 Å². The van der Waals surface area contributed by atoms with Gasteiger partial charge in [-0.15, -0.1) is 0 Å². The van der Waals surface area contributed by atoms with Gasteiger partial charge in [0, 0.05) is 20.2 Å². The zero-order chi connectivity index (χ0) is 16.0. The average molecular weight is 326 g/mol. The Kier molecular flexibility index (Phi) is 6.37. The molecule has 0 spiro atoms. The maximum Gasteiger partial charge on any atom is 0.243 e. The van der Waals surface area contributed by atoms with E-state index in [0.29, 0.717) is 30.5 Å². The maximum absolute atomic E-state index is 12.7. The fourth-order valence-corrected chi connectivity index (χ4v) is 4.31. The van der Waals surface area contributed by atoms with Crippen molar-refractivity contribution < 1.29 is 13.2 Å². The van der Waals surface area contributed by atoms with Gasteiger partial charge in [0.15, 0.2) is 0 Å². The number of sulfonamides is 1. The van der Waals surface area contributed by atoms with Gasteiger partial charge in [-0.2, -0.15) is 4.31 Å². The van der Waals surface area contributed by atoms with Crippen molar-refractivity contribution in [1.29, 1.82) is 0 Å². The Hall–Kier alpha value is -0.950. The summed E-state index contributed by atoms with van der Waals surface area (Å²) in [6.07, 6.45) is 2.64. The molecule has 1 aliphatic heterocycles. The van der Waals surface area contributed by atoms with Crippen LogP contribution in [0, 0.1) is 5.92 Å². The Morgan fingerprint density at radius 2 is 1.86 bits per heavy atom. The second-order valence-corrected chi connectivity index (χ2v) is 7.73. The highest BCUT2D eigenvalue weighted by Crippen LogP contribution is 2.23. The molecule has 0 amide bonds. The van der Waals surface area contributed by atoms with Crippen LogP contribution in [-0.4, -0.2) is 53.1 Å². The normalized spacial score (nSPS) is 17.7. The summed E-state index contributed by atoms with van der Waals surface area (Å²) in [7, 11) is 0.246. The average Bonchev–Trinajstić information content (AvgIpc) is 2.54. The molecule has 1 fully saturated rings. The van der Waals surface area contributed by atoms with Gasteiger partial charge in [-0.25, -0.2) is 8.42 Å². The van der Waals surface area contributed by atoms with Crippen LogP contribution < -0.4 is 5.32 Å². The minimum Gasteiger partial charge on any atom is -0.384 e. The SMILES string of the molecule is CNCC1CCN(S(=O)(=O)c2ccc(CCOC)cc2)CC1. The first-order valence-corrected chi connectivity index (χ1v) is 9.24. The van der Waals surface area contributed by atoms with Gasteiger partial charge in [-0.3, -0.25) is 0 Å². The van der Waals surface area contributed by atoms with E-state index in [0.717, 1.165) is 31.4 Å². The summed E-state index contributed by atoms with van der Waals surface area (Å²) in [5.74, 6) is 0.577. The van der Waals surface area contributed by atoms with Crippen molar-refractivity contribution in [1.82, 2.24) is 9.62 Å². The van der Waals surface area contributed by atoms with E-state index in [1.807, 2.05) is 19.2 Å². The number of piperidine rings is 1. The van der Waals surface area contributed by atoms with E-state index in [4.69, 9.17) is 4.74 Å². The molecule has 1 aromatic carbocycles. The summed E-state index contributed by atoms with van der Waals surface area (Å²) >= 11 is 0. The first-order valence-electron chi connectivity index (χ1n) is 7.80. The third-order valence-corrected chi connectivity index (χ3v) is 6.14. The summed E-state index contributed by atoms with van der Waals surface area (Å²) in [5, 5.41) is 3.17. The summed E-state index contributed by atoms with van der Waals surface area (Å²) in [6.45, 7) is 2.83. The Balaban J connectivity index is 2.01. The molecule has 0 bridgehead atoms. The minimum atomic E-state index is -3.36. The molecule has 0 unspecified atom stereocenters. The van der Waals surface area contributed by atoms with E-state index in [1.165, 1.54) is 0 Å². The highest BCUT2D eigenvalue weighted by Gasteiger charge is 2.28. The first kappa shape index (κ1) is 17.4. The fourth-order valence-electron chi connectivity index (χ4n) is 2.84. The number of nitrogens with zero attached hydrogens (tertiary/aromatic N) is 1. The zero-order valence-corrected chi connectivity index (χ0v) is 14.2. The monoisotopic (exact) mass is 326 g/mol. The first-order chi connectivity index (χ1) is 10.6. The topological polar surface area (TPSA) is 58.6 Å². The Morgan fingerprint density at radius 1 is 1.23 bits per heavy atom. The molecule has 1 saturated heterocycles. The van der Waals surface area contributed by atoms with Crippen molar-refractivity contribution in [2.75, 3.05) is 40.4 Å². The van der Waals surface area contributed by atoms with E-state index in [-0.39, 0.29) is 0 Å². The molecule has 0 saturated carbocycles. The van der Waals surface area contributed by atoms with Crippen molar-refractivity contribution in [2.24, 2.45) is 5.92 Å². The van der Waals surface area contributed by atoms with Crippen LogP contribution in [0.3, 0.4) is 0 Å². The lowest BCUT2D eigenvalue weighted by Crippen LogP contribution is -2.40. The molecular weight excluding hydrogens is 300 g/mol. The summed E-state index contributed by atoms with van der Waals surface area (Å²) in [6, 6.07) is 7.17. The molecule has 124 valence electrons. The quantitative estimate of drug-likeness (QED) is 0.825. The second-order valence-electron chi connectivity index (χ2n) is 5.79. The predicted molar refractivity (Wildman–Crippen MR) is 87.4 cm³/mol. The van der Waals surface area contributed by atoms with Crippen molar-refractivity contribution in [3.05, 3.63) is 29.8 Å². The van der Waals surface area contributed by atoms with E-state index in [1.54, 1.807) is 23.5 Å². The van der Waals surface area contributed by atoms with Crippen LogP contribution in [-0.2, 0) is 21.2 Å². The van der Waals surface area contributed by atoms with Crippen LogP contribution in [0.4, 0.5) is 0 Å². The smallest absolute Gasteiger partial charge is 0.243 e. The lowest BCUT2D eigenvalue weighted by molar-refractivity contribution is 0.202. The number of ether oxygens (including phenoxy) is 1. The summed E-state index contributed by atoms with van der Waals surface area (Å²) in [5.41, 5.74) is 1.09. The zero-order valence-electron chi connectivity index (χ0n) is 13.4. The molecule has 1 aliphatic rings. The van der Waals surface area contributed by atoms with Gasteiger partial charge in [0.2, 0.25) is 10.0 Å². The minimum absolute atomic E-state index is 0.390. The van der Waals surface area contributed by atoms with Crippen LogP contribution in [0.2, 0.25) is 0 Å². The standard InChI is InChI=1S/C16H26N2O3S/c1-17-13-15-7-10-18(11-8-15)22(19,20)16-5-3-14(4-6-16)9-12-21-2/h3-6,15,17H,7-13H2,1-2H3. The van der Waals surface area contributed by atoms with E-state index in [9.17, 15) is 8.42 Å². The molecular formula is C16H26N2O3S. The largest absolute Gasteiger partial charge is 0.384 e. The molecule has 0 atom stereocenters. The van der Waals surface area contributed by atoms with Gasteiger partial charge in [0.05, 0.1) is 11.5 Å². The van der Waals surface area contributed by atoms with Crippen LogP contribution in [0.25, 0.3) is 0 Å². The number of hydrogen-bond acceptors (Lipinski definition) is 4. The second kappa shape index (κ2) is 8.06. The molecule has 0 aromatic heterocycles. The molecule has 22 heavy (non-hydrogen) atoms. The number of methoxy groups -OCH3 is 1. The maximum atomic E-state index is 12.7. The van der Waals surface area contributed by atoms with Crippen molar-refractivity contribution in [3.8, 4) is 0 Å². The van der Waals surface area contributed by atoms with Crippen molar-refractivity contribution in [3.63, 3.8) is 0 Å². The Bertz CT molecular complexity index is 549. The highest BCUT2D eigenvalue weighted by molar-refractivity contribution is 7.89. The van der Waals surface area contributed by atoms with Crippen LogP contribution >= 0.6 is 0 Å². The molecule has 1 N–H and O–H groups in total. The molecule has 0 radical (unpaired) electrons. The number of hydrogen-bond donors (Lipinski definition) is 1. The lowest BCUT2D eigenvalue weighted by atomic mass is 9.98. The van der Waals surface area contributed by atoms with Crippen LogP contribution in [0.5, 0.6) is 0 Å². The van der Waals surface area contributed by atoms with E-state index >= 15 is 0 Å². The Labute approximate surface area is 133 Å². The molecule has 2 rings (SSSR count). The fraction of sp³-hybridized carbons (Fsp3) is 0.625. The van der Waals surface area contributed by atoms with Crippen molar-refractivity contribution >= 4 is 10.0 Å². The van der Waals surface area contributed by atoms with E-state index < -0.39 is 10.0 Å². The van der Waals surface area contributed by atoms with Crippen LogP contribution in [0.15, 0.2) is 29.2 Å². The van der Waals surface area contributed by atoms with Gasteiger partial charge in [0.1, 0.15) is 0 Å². The third kappa shape index (κ3) is 4.29. The van der Waals surface area contributed by atoms with Gasteiger partial charge in [0.25, 0.3) is 0 Å². The molecule has 1 heterocycles. The van der Waals surface area contributed by atoms with Crippen LogP contribution in [0.1, 0.15) is 18.4 Å². The van der Waals surface area contributed by atoms with E-state index in [2.05, 4.69) is 5.32 Å². The van der Waals surface area contributed by atoms with Gasteiger partial charge < -0.3 is 10.1 Å². The molecule has 1 aromatic rings.